The molecule has 2 aromatic carbocycles. The summed E-state index contributed by atoms with van der Waals surface area (Å²) in [5.74, 6) is -0.736. The highest BCUT2D eigenvalue weighted by Gasteiger charge is 2.31. The lowest BCUT2D eigenvalue weighted by Gasteiger charge is -2.32. The van der Waals surface area contributed by atoms with E-state index in [9.17, 15) is 18.0 Å². The van der Waals surface area contributed by atoms with Gasteiger partial charge in [-0.25, -0.2) is 8.42 Å². The Kier molecular flexibility index (Phi) is 8.66. The van der Waals surface area contributed by atoms with E-state index in [1.165, 1.54) is 4.90 Å². The molecule has 2 aromatic rings. The Hall–Kier alpha value is -2.87. The Morgan fingerprint density at radius 1 is 0.970 bits per heavy atom. The number of rotatable bonds is 9. The molecule has 0 unspecified atom stereocenters. The van der Waals surface area contributed by atoms with Crippen molar-refractivity contribution in [3.05, 3.63) is 64.7 Å². The molecule has 0 heterocycles. The molecule has 0 saturated heterocycles. The van der Waals surface area contributed by atoms with E-state index in [0.717, 1.165) is 32.8 Å². The second-order valence-electron chi connectivity index (χ2n) is 8.85. The van der Waals surface area contributed by atoms with Crippen LogP contribution in [-0.4, -0.2) is 50.0 Å². The fourth-order valence-electron chi connectivity index (χ4n) is 3.54. The van der Waals surface area contributed by atoms with Crippen LogP contribution in [0.1, 0.15) is 43.0 Å². The summed E-state index contributed by atoms with van der Waals surface area (Å²) >= 11 is 0. The number of anilines is 1. The number of amides is 2. The lowest BCUT2D eigenvalue weighted by atomic mass is 10.1. The molecule has 8 heteroatoms. The smallest absolute Gasteiger partial charge is 0.244 e. The van der Waals surface area contributed by atoms with Crippen molar-refractivity contribution in [1.29, 1.82) is 0 Å². The molecule has 1 atom stereocenters. The Morgan fingerprint density at radius 2 is 1.61 bits per heavy atom. The molecule has 0 radical (unpaired) electrons. The molecule has 2 amide bonds. The second kappa shape index (κ2) is 10.8. The lowest BCUT2D eigenvalue weighted by molar-refractivity contribution is -0.139. The molecule has 7 nitrogen and oxygen atoms in total. The van der Waals surface area contributed by atoms with Crippen molar-refractivity contribution in [2.24, 2.45) is 0 Å². The number of hydrogen-bond acceptors (Lipinski definition) is 4. The van der Waals surface area contributed by atoms with Crippen molar-refractivity contribution in [3.8, 4) is 0 Å². The first-order valence-electron chi connectivity index (χ1n) is 11.0. The molecule has 0 aromatic heterocycles. The van der Waals surface area contributed by atoms with Gasteiger partial charge in [0.15, 0.2) is 0 Å². The molecule has 0 aliphatic rings. The molecule has 0 saturated carbocycles. The van der Waals surface area contributed by atoms with Crippen LogP contribution in [0.4, 0.5) is 5.69 Å². The SMILES string of the molecule is Cc1ccc(C)c(N(CC(=O)N(Cc2ccccc2C)[C@H](C)C(=O)NC(C)C)S(C)(=O)=O)c1. The summed E-state index contributed by atoms with van der Waals surface area (Å²) in [7, 11) is -3.75. The predicted octanol–water partition coefficient (Wildman–Crippen LogP) is 3.32. The van der Waals surface area contributed by atoms with Gasteiger partial charge in [0.1, 0.15) is 12.6 Å². The summed E-state index contributed by atoms with van der Waals surface area (Å²) in [4.78, 5) is 27.8. The van der Waals surface area contributed by atoms with E-state index in [0.29, 0.717) is 5.69 Å². The summed E-state index contributed by atoms with van der Waals surface area (Å²) < 4.78 is 26.5. The lowest BCUT2D eigenvalue weighted by Crippen LogP contribution is -2.52. The topological polar surface area (TPSA) is 86.8 Å². The van der Waals surface area contributed by atoms with E-state index in [-0.39, 0.29) is 18.5 Å². The number of sulfonamides is 1. The number of benzene rings is 2. The normalized spacial score (nSPS) is 12.4. The number of nitrogens with one attached hydrogen (secondary N) is 1. The Balaban J connectivity index is 2.45. The van der Waals surface area contributed by atoms with Gasteiger partial charge in [-0.1, -0.05) is 36.4 Å². The number of aryl methyl sites for hydroxylation is 3. The standard InChI is InChI=1S/C25H35N3O4S/c1-17(2)26-25(30)21(6)27(15-22-11-9-8-10-19(22)4)24(29)16-28(33(7,31)32)23-14-18(3)12-13-20(23)5/h8-14,17,21H,15-16H2,1-7H3,(H,26,30)/t21-/m1/s1. The molecule has 0 fully saturated rings. The van der Waals surface area contributed by atoms with Gasteiger partial charge in [0.2, 0.25) is 21.8 Å². The van der Waals surface area contributed by atoms with Crippen LogP contribution >= 0.6 is 0 Å². The number of hydrogen-bond donors (Lipinski definition) is 1. The third kappa shape index (κ3) is 7.05. The zero-order valence-corrected chi connectivity index (χ0v) is 21.4. The fraction of sp³-hybridized carbons (Fsp3) is 0.440. The van der Waals surface area contributed by atoms with Crippen LogP contribution in [0.3, 0.4) is 0 Å². The van der Waals surface area contributed by atoms with Gasteiger partial charge in [0.25, 0.3) is 0 Å². The maximum atomic E-state index is 13.6. The maximum Gasteiger partial charge on any atom is 0.244 e. The molecule has 2 rings (SSSR count). The third-order valence-electron chi connectivity index (χ3n) is 5.51. The van der Waals surface area contributed by atoms with Crippen molar-refractivity contribution in [1.82, 2.24) is 10.2 Å². The minimum absolute atomic E-state index is 0.0853. The first-order chi connectivity index (χ1) is 15.3. The number of nitrogens with zero attached hydrogens (tertiary/aromatic N) is 2. The highest BCUT2D eigenvalue weighted by Crippen LogP contribution is 2.24. The van der Waals surface area contributed by atoms with Crippen LogP contribution in [0, 0.1) is 20.8 Å². The van der Waals surface area contributed by atoms with Crippen LogP contribution in [0.5, 0.6) is 0 Å². The Morgan fingerprint density at radius 3 is 2.18 bits per heavy atom. The Bertz CT molecular complexity index is 1110. The van der Waals surface area contributed by atoms with Gasteiger partial charge >= 0.3 is 0 Å². The van der Waals surface area contributed by atoms with Crippen LogP contribution in [0.25, 0.3) is 0 Å². The van der Waals surface area contributed by atoms with Gasteiger partial charge in [-0.05, 0) is 69.9 Å². The van der Waals surface area contributed by atoms with Gasteiger partial charge in [-0.2, -0.15) is 0 Å². The quantitative estimate of drug-likeness (QED) is 0.605. The molecule has 0 aliphatic carbocycles. The van der Waals surface area contributed by atoms with E-state index >= 15 is 0 Å². The minimum atomic E-state index is -3.75. The van der Waals surface area contributed by atoms with E-state index in [1.54, 1.807) is 19.9 Å². The van der Waals surface area contributed by atoms with E-state index in [4.69, 9.17) is 0 Å². The molecular formula is C25H35N3O4S. The first-order valence-corrected chi connectivity index (χ1v) is 12.9. The monoisotopic (exact) mass is 473 g/mol. The molecule has 180 valence electrons. The maximum absolute atomic E-state index is 13.6. The molecule has 0 bridgehead atoms. The van der Waals surface area contributed by atoms with Crippen molar-refractivity contribution in [2.75, 3.05) is 17.1 Å². The van der Waals surface area contributed by atoms with Crippen LogP contribution in [0.15, 0.2) is 42.5 Å². The third-order valence-corrected chi connectivity index (χ3v) is 6.64. The molecule has 0 aliphatic heterocycles. The first kappa shape index (κ1) is 26.4. The van der Waals surface area contributed by atoms with E-state index in [2.05, 4.69) is 5.32 Å². The molecule has 1 N–H and O–H groups in total. The second-order valence-corrected chi connectivity index (χ2v) is 10.8. The summed E-state index contributed by atoms with van der Waals surface area (Å²) in [6.07, 6.45) is 1.09. The molecule has 33 heavy (non-hydrogen) atoms. The van der Waals surface area contributed by atoms with Gasteiger partial charge < -0.3 is 10.2 Å². The summed E-state index contributed by atoms with van der Waals surface area (Å²) in [5.41, 5.74) is 3.97. The fourth-order valence-corrected chi connectivity index (χ4v) is 4.44. The molecular weight excluding hydrogens is 438 g/mol. The van der Waals surface area contributed by atoms with Crippen molar-refractivity contribution in [3.63, 3.8) is 0 Å². The van der Waals surface area contributed by atoms with Crippen LogP contribution < -0.4 is 9.62 Å². The predicted molar refractivity (Wildman–Crippen MR) is 133 cm³/mol. The zero-order chi connectivity index (χ0) is 24.9. The number of carbonyl (C=O) groups excluding carboxylic acids is 2. The zero-order valence-electron chi connectivity index (χ0n) is 20.5. The highest BCUT2D eigenvalue weighted by atomic mass is 32.2. The Labute approximate surface area is 197 Å². The van der Waals surface area contributed by atoms with Crippen LogP contribution in [0.2, 0.25) is 0 Å². The molecule has 0 spiro atoms. The van der Waals surface area contributed by atoms with Gasteiger partial charge in [-0.15, -0.1) is 0 Å². The van der Waals surface area contributed by atoms with E-state index in [1.807, 2.05) is 64.1 Å². The van der Waals surface area contributed by atoms with Gasteiger partial charge in [0.05, 0.1) is 11.9 Å². The summed E-state index contributed by atoms with van der Waals surface area (Å²) in [6, 6.07) is 12.2. The average Bonchev–Trinajstić information content (AvgIpc) is 2.71. The highest BCUT2D eigenvalue weighted by molar-refractivity contribution is 7.92. The van der Waals surface area contributed by atoms with Crippen molar-refractivity contribution in [2.45, 2.75) is 60.2 Å². The van der Waals surface area contributed by atoms with E-state index < -0.39 is 28.5 Å². The number of carbonyl (C=O) groups is 2. The van der Waals surface area contributed by atoms with Gasteiger partial charge in [0, 0.05) is 12.6 Å². The van der Waals surface area contributed by atoms with Gasteiger partial charge in [-0.3, -0.25) is 13.9 Å². The largest absolute Gasteiger partial charge is 0.352 e. The summed E-state index contributed by atoms with van der Waals surface area (Å²) in [5, 5.41) is 2.85. The van der Waals surface area contributed by atoms with Crippen LogP contribution in [-0.2, 0) is 26.2 Å². The average molecular weight is 474 g/mol. The van der Waals surface area contributed by atoms with Crippen molar-refractivity contribution >= 4 is 27.5 Å². The van der Waals surface area contributed by atoms with Crippen molar-refractivity contribution < 1.29 is 18.0 Å². The summed E-state index contributed by atoms with van der Waals surface area (Å²) in [6.45, 7) is 10.8. The minimum Gasteiger partial charge on any atom is -0.352 e.